The molecule has 2 saturated heterocycles. The zero-order valence-corrected chi connectivity index (χ0v) is 34.3. The molecule has 0 radical (unpaired) electrons. The molecule has 2 aliphatic heterocycles. The van der Waals surface area contributed by atoms with Gasteiger partial charge in [-0.3, -0.25) is 23.6 Å². The van der Waals surface area contributed by atoms with E-state index in [1.807, 2.05) is 44.3 Å². The van der Waals surface area contributed by atoms with Crippen molar-refractivity contribution in [3.8, 4) is 10.4 Å². The first kappa shape index (κ1) is 41.7. The number of ether oxygens (including phenoxy) is 2. The van der Waals surface area contributed by atoms with Crippen molar-refractivity contribution in [2.75, 3.05) is 30.8 Å². The highest BCUT2D eigenvalue weighted by Gasteiger charge is 2.40. The van der Waals surface area contributed by atoms with Gasteiger partial charge in [0.05, 0.1) is 18.2 Å². The highest BCUT2D eigenvalue weighted by molar-refractivity contribution is 7.20. The number of carbonyl (C=O) groups is 6. The van der Waals surface area contributed by atoms with Crippen LogP contribution in [0, 0.1) is 5.92 Å². The Morgan fingerprint density at radius 2 is 1.47 bits per heavy atom. The Balaban J connectivity index is 1.10. The summed E-state index contributed by atoms with van der Waals surface area (Å²) in [5.74, 6) is -1.32. The summed E-state index contributed by atoms with van der Waals surface area (Å²) in [6, 6.07) is 12.9. The third-order valence-electron chi connectivity index (χ3n) is 9.93. The molecule has 0 unspecified atom stereocenters. The van der Waals surface area contributed by atoms with Gasteiger partial charge in [0.2, 0.25) is 17.7 Å². The molecule has 16 nitrogen and oxygen atoms in total. The summed E-state index contributed by atoms with van der Waals surface area (Å²) >= 11 is 1.39. The summed E-state index contributed by atoms with van der Waals surface area (Å²) in [4.78, 5) is 88.4. The van der Waals surface area contributed by atoms with Crippen LogP contribution in [-0.2, 0) is 28.7 Å². The van der Waals surface area contributed by atoms with Crippen molar-refractivity contribution in [3.05, 3.63) is 72.6 Å². The minimum Gasteiger partial charge on any atom is -0.453 e. The molecule has 4 atom stereocenters. The van der Waals surface area contributed by atoms with Crippen LogP contribution in [0.5, 0.6) is 0 Å². The molecule has 4 aromatic rings. The molecule has 308 valence electrons. The number of thiazole rings is 1. The Morgan fingerprint density at radius 3 is 2.09 bits per heavy atom. The molecule has 2 fully saturated rings. The fourth-order valence-corrected chi connectivity index (χ4v) is 8.15. The molecule has 2 aliphatic rings. The van der Waals surface area contributed by atoms with Gasteiger partial charge in [-0.05, 0) is 75.6 Å². The number of amides is 6. The second-order valence-corrected chi connectivity index (χ2v) is 16.7. The maximum Gasteiger partial charge on any atom is 0.408 e. The number of likely N-dealkylation sites (tertiary alicyclic amines) is 2. The van der Waals surface area contributed by atoms with Crippen molar-refractivity contribution >= 4 is 63.6 Å². The lowest BCUT2D eigenvalue weighted by molar-refractivity contribution is -0.139. The van der Waals surface area contributed by atoms with Crippen LogP contribution in [0.2, 0.25) is 0 Å². The molecule has 0 bridgehead atoms. The van der Waals surface area contributed by atoms with Gasteiger partial charge in [0, 0.05) is 25.0 Å². The quantitative estimate of drug-likeness (QED) is 0.150. The molecule has 6 rings (SSSR count). The SMILES string of the molecule is COC(=O)N[C@H](C(=O)N1CCC[C@H]1C(=O)Nc1cn2cc(-c3cccc(NC(=O)[C@@H]4CCCN4C(=O)[C@H](NC(=O)OC(C)(C)C)c4ccccc4)c3)sc2n1)C(C)C. The summed E-state index contributed by atoms with van der Waals surface area (Å²) < 4.78 is 11.9. The number of benzene rings is 2. The van der Waals surface area contributed by atoms with E-state index in [9.17, 15) is 28.8 Å². The minimum atomic E-state index is -1.04. The molecule has 0 saturated carbocycles. The van der Waals surface area contributed by atoms with Crippen LogP contribution in [0.25, 0.3) is 15.4 Å². The number of alkyl carbamates (subject to hydrolysis) is 2. The van der Waals surface area contributed by atoms with Gasteiger partial charge in [0.25, 0.3) is 5.91 Å². The molecule has 17 heteroatoms. The molecule has 0 spiro atoms. The Kier molecular flexibility index (Phi) is 12.7. The number of nitrogens with zero attached hydrogens (tertiary/aromatic N) is 4. The van der Waals surface area contributed by atoms with E-state index < -0.39 is 47.9 Å². The minimum absolute atomic E-state index is 0.218. The van der Waals surface area contributed by atoms with Crippen LogP contribution in [0.15, 0.2) is 67.0 Å². The molecule has 2 aromatic heterocycles. The maximum atomic E-state index is 14.0. The van der Waals surface area contributed by atoms with Gasteiger partial charge in [-0.2, -0.15) is 0 Å². The van der Waals surface area contributed by atoms with Gasteiger partial charge in [-0.1, -0.05) is 67.6 Å². The highest BCUT2D eigenvalue weighted by atomic mass is 32.1. The van der Waals surface area contributed by atoms with Gasteiger partial charge in [0.15, 0.2) is 10.8 Å². The van der Waals surface area contributed by atoms with E-state index in [2.05, 4.69) is 26.3 Å². The first-order valence-corrected chi connectivity index (χ1v) is 20.1. The monoisotopic (exact) mass is 814 g/mol. The van der Waals surface area contributed by atoms with Crippen LogP contribution < -0.4 is 21.3 Å². The molecule has 2 aromatic carbocycles. The number of nitrogens with one attached hydrogen (secondary N) is 4. The van der Waals surface area contributed by atoms with Crippen LogP contribution in [-0.4, -0.2) is 98.9 Å². The Bertz CT molecular complexity index is 2130. The van der Waals surface area contributed by atoms with Gasteiger partial charge >= 0.3 is 12.2 Å². The first-order valence-electron chi connectivity index (χ1n) is 19.3. The van der Waals surface area contributed by atoms with Crippen LogP contribution in [0.1, 0.15) is 71.9 Å². The number of methoxy groups -OCH3 is 1. The standard InChI is InChI=1S/C41H50N8O8S/c1-24(2)32(45-39(54)56-6)36(52)48-19-12-18-29(48)35(51)43-31-23-47-22-30(58-38(47)44-31)26-15-10-16-27(21-26)42-34(50)28-17-11-20-49(28)37(53)33(25-13-8-7-9-14-25)46-40(55)57-41(3,4)5/h7-10,13-16,21-24,28-29,32-33H,11-12,17-20H2,1-6H3,(H,42,50)(H,43,51)(H,45,54)(H,46,55)/t28-,29-,32-,33+/m0/s1. The van der Waals surface area contributed by atoms with E-state index in [1.165, 1.54) is 28.2 Å². The highest BCUT2D eigenvalue weighted by Crippen LogP contribution is 2.32. The fourth-order valence-electron chi connectivity index (χ4n) is 7.18. The lowest BCUT2D eigenvalue weighted by atomic mass is 10.0. The fraction of sp³-hybridized carbons (Fsp3) is 0.439. The summed E-state index contributed by atoms with van der Waals surface area (Å²) in [7, 11) is 1.23. The van der Waals surface area contributed by atoms with Gasteiger partial charge in [-0.15, -0.1) is 0 Å². The van der Waals surface area contributed by atoms with Gasteiger partial charge in [0.1, 0.15) is 29.8 Å². The lowest BCUT2D eigenvalue weighted by Gasteiger charge is -2.30. The average Bonchev–Trinajstić information content (AvgIpc) is 4.00. The largest absolute Gasteiger partial charge is 0.453 e. The van der Waals surface area contributed by atoms with Crippen molar-refractivity contribution in [1.29, 1.82) is 0 Å². The predicted octanol–water partition coefficient (Wildman–Crippen LogP) is 5.57. The number of anilines is 2. The molecule has 6 amide bonds. The van der Waals surface area contributed by atoms with Crippen LogP contribution >= 0.6 is 11.3 Å². The number of aromatic nitrogens is 2. The summed E-state index contributed by atoms with van der Waals surface area (Å²) in [5.41, 5.74) is 1.18. The molecule has 0 aliphatic carbocycles. The van der Waals surface area contributed by atoms with Crippen molar-refractivity contribution in [3.63, 3.8) is 0 Å². The number of imidazole rings is 1. The van der Waals surface area contributed by atoms with E-state index in [1.54, 1.807) is 61.7 Å². The third-order valence-corrected chi connectivity index (χ3v) is 11.0. The van der Waals surface area contributed by atoms with E-state index >= 15 is 0 Å². The van der Waals surface area contributed by atoms with E-state index in [0.717, 1.165) is 10.4 Å². The Morgan fingerprint density at radius 1 is 0.810 bits per heavy atom. The normalized spacial score (nSPS) is 17.8. The molecule has 4 heterocycles. The summed E-state index contributed by atoms with van der Waals surface area (Å²) in [5, 5.41) is 11.1. The Labute approximate surface area is 340 Å². The summed E-state index contributed by atoms with van der Waals surface area (Å²) in [6.07, 6.45) is 4.34. The number of carbonyl (C=O) groups excluding carboxylic acids is 6. The van der Waals surface area contributed by atoms with E-state index in [0.29, 0.717) is 60.8 Å². The zero-order chi connectivity index (χ0) is 41.7. The molecule has 58 heavy (non-hydrogen) atoms. The van der Waals surface area contributed by atoms with Gasteiger partial charge in [-0.25, -0.2) is 14.6 Å². The lowest BCUT2D eigenvalue weighted by Crippen LogP contribution is -2.54. The number of rotatable bonds is 11. The predicted molar refractivity (Wildman–Crippen MR) is 218 cm³/mol. The van der Waals surface area contributed by atoms with Crippen molar-refractivity contribution in [2.45, 2.75) is 90.1 Å². The third kappa shape index (κ3) is 9.76. The first-order chi connectivity index (χ1) is 27.6. The van der Waals surface area contributed by atoms with Crippen molar-refractivity contribution in [1.82, 2.24) is 29.8 Å². The number of fused-ring (bicyclic) bond motifs is 1. The van der Waals surface area contributed by atoms with E-state index in [4.69, 9.17) is 9.47 Å². The maximum absolute atomic E-state index is 14.0. The van der Waals surface area contributed by atoms with Crippen LogP contribution in [0.4, 0.5) is 21.1 Å². The van der Waals surface area contributed by atoms with Crippen molar-refractivity contribution < 1.29 is 38.2 Å². The molecule has 4 N–H and O–H groups in total. The van der Waals surface area contributed by atoms with E-state index in [-0.39, 0.29) is 23.6 Å². The smallest absolute Gasteiger partial charge is 0.408 e. The topological polar surface area (TPSA) is 193 Å². The number of hydrogen-bond donors (Lipinski definition) is 4. The van der Waals surface area contributed by atoms with Gasteiger partial charge < -0.3 is 40.5 Å². The molecular weight excluding hydrogens is 765 g/mol. The number of hydrogen-bond acceptors (Lipinski definition) is 10. The summed E-state index contributed by atoms with van der Waals surface area (Å²) in [6.45, 7) is 9.61. The van der Waals surface area contributed by atoms with Crippen molar-refractivity contribution in [2.24, 2.45) is 5.92 Å². The Hall–Kier alpha value is -5.97. The average molecular weight is 815 g/mol. The van der Waals surface area contributed by atoms with Crippen LogP contribution in [0.3, 0.4) is 0 Å². The second kappa shape index (κ2) is 17.7. The molecular formula is C41H50N8O8S. The zero-order valence-electron chi connectivity index (χ0n) is 33.4. The second-order valence-electron chi connectivity index (χ2n) is 15.7.